The molecular formula is C19H27N3O4S2. The number of carbonyl (C=O) groups excluding carboxylic acids is 1. The lowest BCUT2D eigenvalue weighted by Gasteiger charge is -2.20. The number of rotatable bonds is 10. The molecule has 0 spiro atoms. The molecule has 7 nitrogen and oxygen atoms in total. The van der Waals surface area contributed by atoms with Crippen molar-refractivity contribution in [2.75, 3.05) is 39.1 Å². The number of ether oxygens (including phenoxy) is 1. The van der Waals surface area contributed by atoms with Crippen molar-refractivity contribution in [1.29, 1.82) is 0 Å². The molecule has 0 bridgehead atoms. The van der Waals surface area contributed by atoms with E-state index in [2.05, 4.69) is 5.32 Å². The van der Waals surface area contributed by atoms with Crippen molar-refractivity contribution >= 4 is 33.0 Å². The van der Waals surface area contributed by atoms with Gasteiger partial charge in [0.15, 0.2) is 0 Å². The average Bonchev–Trinajstić information content (AvgIpc) is 3.15. The van der Waals surface area contributed by atoms with Crippen LogP contribution in [0.5, 0.6) is 5.75 Å². The van der Waals surface area contributed by atoms with Gasteiger partial charge in [0.2, 0.25) is 15.9 Å². The van der Waals surface area contributed by atoms with Crippen LogP contribution in [0.2, 0.25) is 0 Å². The maximum atomic E-state index is 12.8. The summed E-state index contributed by atoms with van der Waals surface area (Å²) in [7, 11) is -0.287. The fourth-order valence-corrected chi connectivity index (χ4v) is 5.09. The molecule has 2 rings (SSSR count). The Labute approximate surface area is 171 Å². The first-order chi connectivity index (χ1) is 13.3. The van der Waals surface area contributed by atoms with Crippen LogP contribution in [-0.4, -0.2) is 57.3 Å². The van der Waals surface area contributed by atoms with E-state index in [1.165, 1.54) is 28.4 Å². The van der Waals surface area contributed by atoms with E-state index < -0.39 is 10.0 Å². The second-order valence-electron chi connectivity index (χ2n) is 6.25. The molecule has 1 amide bonds. The van der Waals surface area contributed by atoms with Gasteiger partial charge in [-0.1, -0.05) is 19.9 Å². The second kappa shape index (κ2) is 10.0. The standard InChI is InChI=1S/C19H27N3O4S2/c1-5-22(6-2)28(24,25)16-9-10-18(26-4)17(12-16)20-19(23)14-21(3)13-15-8-7-11-27-15/h7-12H,5-6,13-14H2,1-4H3,(H,20,23). The molecule has 0 aliphatic heterocycles. The van der Waals surface area contributed by atoms with Gasteiger partial charge in [-0.25, -0.2) is 8.42 Å². The number of likely N-dealkylation sites (N-methyl/N-ethyl adjacent to an activating group) is 1. The molecule has 2 aromatic rings. The van der Waals surface area contributed by atoms with Crippen LogP contribution in [0.3, 0.4) is 0 Å². The number of amides is 1. The van der Waals surface area contributed by atoms with E-state index in [1.54, 1.807) is 31.3 Å². The molecular weight excluding hydrogens is 398 g/mol. The van der Waals surface area contributed by atoms with Crippen molar-refractivity contribution in [2.24, 2.45) is 0 Å². The fourth-order valence-electron chi connectivity index (χ4n) is 2.82. The van der Waals surface area contributed by atoms with Crippen LogP contribution < -0.4 is 10.1 Å². The summed E-state index contributed by atoms with van der Waals surface area (Å²) in [6.07, 6.45) is 0. The summed E-state index contributed by atoms with van der Waals surface area (Å²) in [5.74, 6) is 0.169. The number of thiophene rings is 1. The zero-order valence-electron chi connectivity index (χ0n) is 16.6. The number of nitrogens with one attached hydrogen (secondary N) is 1. The normalized spacial score (nSPS) is 11.8. The Kier molecular flexibility index (Phi) is 7.99. The van der Waals surface area contributed by atoms with E-state index in [0.717, 1.165) is 0 Å². The van der Waals surface area contributed by atoms with Gasteiger partial charge in [-0.15, -0.1) is 11.3 Å². The number of hydrogen-bond donors (Lipinski definition) is 1. The van der Waals surface area contributed by atoms with Gasteiger partial charge in [-0.2, -0.15) is 4.31 Å². The van der Waals surface area contributed by atoms with Crippen LogP contribution in [-0.2, 0) is 21.4 Å². The van der Waals surface area contributed by atoms with Gasteiger partial charge >= 0.3 is 0 Å². The van der Waals surface area contributed by atoms with Gasteiger partial charge in [0.05, 0.1) is 24.2 Å². The highest BCUT2D eigenvalue weighted by molar-refractivity contribution is 7.89. The van der Waals surface area contributed by atoms with Gasteiger partial charge in [0.25, 0.3) is 0 Å². The number of methoxy groups -OCH3 is 1. The molecule has 0 saturated carbocycles. The van der Waals surface area contributed by atoms with Crippen molar-refractivity contribution in [3.63, 3.8) is 0 Å². The van der Waals surface area contributed by atoms with Crippen LogP contribution in [0.25, 0.3) is 0 Å². The van der Waals surface area contributed by atoms with Gasteiger partial charge in [0.1, 0.15) is 5.75 Å². The number of hydrogen-bond acceptors (Lipinski definition) is 6. The zero-order valence-corrected chi connectivity index (χ0v) is 18.3. The molecule has 0 unspecified atom stereocenters. The highest BCUT2D eigenvalue weighted by Gasteiger charge is 2.23. The molecule has 28 heavy (non-hydrogen) atoms. The van der Waals surface area contributed by atoms with Crippen molar-refractivity contribution in [2.45, 2.75) is 25.3 Å². The molecule has 1 aromatic carbocycles. The summed E-state index contributed by atoms with van der Waals surface area (Å²) < 4.78 is 32.2. The Morgan fingerprint density at radius 1 is 1.21 bits per heavy atom. The predicted molar refractivity (Wildman–Crippen MR) is 112 cm³/mol. The topological polar surface area (TPSA) is 79.0 Å². The van der Waals surface area contributed by atoms with Crippen LogP contribution in [0, 0.1) is 0 Å². The lowest BCUT2D eigenvalue weighted by molar-refractivity contribution is -0.117. The summed E-state index contributed by atoms with van der Waals surface area (Å²) >= 11 is 1.64. The van der Waals surface area contributed by atoms with Crippen LogP contribution in [0.15, 0.2) is 40.6 Å². The highest BCUT2D eigenvalue weighted by atomic mass is 32.2. The van der Waals surface area contributed by atoms with E-state index in [1.807, 2.05) is 29.5 Å². The van der Waals surface area contributed by atoms with E-state index in [4.69, 9.17) is 4.74 Å². The van der Waals surface area contributed by atoms with Gasteiger partial charge < -0.3 is 10.1 Å². The lowest BCUT2D eigenvalue weighted by Crippen LogP contribution is -2.31. The highest BCUT2D eigenvalue weighted by Crippen LogP contribution is 2.29. The summed E-state index contributed by atoms with van der Waals surface area (Å²) in [5.41, 5.74) is 0.338. The fraction of sp³-hybridized carbons (Fsp3) is 0.421. The third kappa shape index (κ3) is 5.54. The SMILES string of the molecule is CCN(CC)S(=O)(=O)c1ccc(OC)c(NC(=O)CN(C)Cc2cccs2)c1. The largest absolute Gasteiger partial charge is 0.495 e. The van der Waals surface area contributed by atoms with Gasteiger partial charge in [0, 0.05) is 24.5 Å². The summed E-state index contributed by atoms with van der Waals surface area (Å²) in [6, 6.07) is 8.49. The van der Waals surface area contributed by atoms with E-state index in [0.29, 0.717) is 31.1 Å². The average molecular weight is 426 g/mol. The quantitative estimate of drug-likeness (QED) is 0.633. The first kappa shape index (κ1) is 22.4. The Bertz CT molecular complexity index is 879. The molecule has 0 atom stereocenters. The summed E-state index contributed by atoms with van der Waals surface area (Å²) in [5, 5.41) is 4.77. The van der Waals surface area contributed by atoms with Gasteiger partial charge in [-0.05, 0) is 36.7 Å². The molecule has 1 heterocycles. The Morgan fingerprint density at radius 3 is 2.50 bits per heavy atom. The predicted octanol–water partition coefficient (Wildman–Crippen LogP) is 2.86. The molecule has 0 radical (unpaired) electrons. The van der Waals surface area contributed by atoms with Crippen LogP contribution in [0.4, 0.5) is 5.69 Å². The molecule has 1 N–H and O–H groups in total. The van der Waals surface area contributed by atoms with Gasteiger partial charge in [-0.3, -0.25) is 9.69 Å². The van der Waals surface area contributed by atoms with Crippen molar-refractivity contribution in [1.82, 2.24) is 9.21 Å². The minimum Gasteiger partial charge on any atom is -0.495 e. The van der Waals surface area contributed by atoms with Crippen molar-refractivity contribution < 1.29 is 17.9 Å². The van der Waals surface area contributed by atoms with Crippen LogP contribution >= 0.6 is 11.3 Å². The molecule has 1 aromatic heterocycles. The third-order valence-electron chi connectivity index (χ3n) is 4.21. The molecule has 154 valence electrons. The van der Waals surface area contributed by atoms with Crippen LogP contribution in [0.1, 0.15) is 18.7 Å². The van der Waals surface area contributed by atoms with Crippen molar-refractivity contribution in [3.05, 3.63) is 40.6 Å². The number of sulfonamides is 1. The summed E-state index contributed by atoms with van der Waals surface area (Å²) in [6.45, 7) is 5.17. The lowest BCUT2D eigenvalue weighted by atomic mass is 10.3. The molecule has 0 fully saturated rings. The third-order valence-corrected chi connectivity index (χ3v) is 7.11. The molecule has 0 aliphatic rings. The number of nitrogens with zero attached hydrogens (tertiary/aromatic N) is 2. The Hall–Kier alpha value is -1.94. The number of anilines is 1. The van der Waals surface area contributed by atoms with E-state index >= 15 is 0 Å². The zero-order chi connectivity index (χ0) is 20.7. The summed E-state index contributed by atoms with van der Waals surface area (Å²) in [4.78, 5) is 15.6. The first-order valence-electron chi connectivity index (χ1n) is 9.00. The first-order valence-corrected chi connectivity index (χ1v) is 11.3. The number of carbonyl (C=O) groups is 1. The smallest absolute Gasteiger partial charge is 0.243 e. The Balaban J connectivity index is 2.16. The Morgan fingerprint density at radius 2 is 1.93 bits per heavy atom. The monoisotopic (exact) mass is 425 g/mol. The van der Waals surface area contributed by atoms with E-state index in [-0.39, 0.29) is 17.3 Å². The number of benzene rings is 1. The second-order valence-corrected chi connectivity index (χ2v) is 9.22. The molecule has 9 heteroatoms. The van der Waals surface area contributed by atoms with Crippen molar-refractivity contribution in [3.8, 4) is 5.75 Å². The molecule has 0 aliphatic carbocycles. The maximum absolute atomic E-state index is 12.8. The minimum absolute atomic E-state index is 0.124. The maximum Gasteiger partial charge on any atom is 0.243 e. The molecule has 0 saturated heterocycles. The minimum atomic E-state index is -3.62. The van der Waals surface area contributed by atoms with E-state index in [9.17, 15) is 13.2 Å².